The van der Waals surface area contributed by atoms with E-state index in [1.807, 2.05) is 6.92 Å². The Bertz CT molecular complexity index is 493. The van der Waals surface area contributed by atoms with Gasteiger partial charge in [0.1, 0.15) is 0 Å². The van der Waals surface area contributed by atoms with Gasteiger partial charge in [-0.2, -0.15) is 0 Å². The molecule has 1 aliphatic heterocycles. The molecule has 1 atom stereocenters. The minimum Gasteiger partial charge on any atom is -0.309 e. The van der Waals surface area contributed by atoms with Gasteiger partial charge in [0.2, 0.25) is 0 Å². The van der Waals surface area contributed by atoms with Crippen LogP contribution in [0.25, 0.3) is 10.2 Å². The van der Waals surface area contributed by atoms with Crippen LogP contribution in [-0.4, -0.2) is 19.1 Å². The highest BCUT2D eigenvalue weighted by Gasteiger charge is 2.22. The Morgan fingerprint density at radius 1 is 1.53 bits per heavy atom. The van der Waals surface area contributed by atoms with Crippen molar-refractivity contribution in [1.29, 1.82) is 0 Å². The molecule has 0 amide bonds. The highest BCUT2D eigenvalue weighted by atomic mass is 32.1. The monoisotopic (exact) mass is 219 g/mol. The van der Waals surface area contributed by atoms with Crippen LogP contribution in [-0.2, 0) is 9.69 Å². The zero-order chi connectivity index (χ0) is 10.3. The average Bonchev–Trinajstić information content (AvgIpc) is 2.82. The predicted molar refractivity (Wildman–Crippen MR) is 61.3 cm³/mol. The Hall–Kier alpha value is -0.905. The maximum Gasteiger partial charge on any atom is 0.333 e. The van der Waals surface area contributed by atoms with Gasteiger partial charge in [-0.1, -0.05) is 6.07 Å². The lowest BCUT2D eigenvalue weighted by Gasteiger charge is -2.03. The number of hydrogen-bond acceptors (Lipinski definition) is 4. The van der Waals surface area contributed by atoms with Gasteiger partial charge in [0, 0.05) is 5.82 Å². The number of thiazole rings is 1. The van der Waals surface area contributed by atoms with Crippen molar-refractivity contribution in [2.45, 2.75) is 12.7 Å². The molecule has 76 valence electrons. The van der Waals surface area contributed by atoms with Crippen LogP contribution in [0.3, 0.4) is 0 Å². The molecule has 0 spiro atoms. The third-order valence-electron chi connectivity index (χ3n) is 2.61. The molecule has 0 bridgehead atoms. The molecule has 0 aliphatic carbocycles. The lowest BCUT2D eigenvalue weighted by atomic mass is 9.77. The second kappa shape index (κ2) is 3.59. The number of nitrogens with zero attached hydrogens (tertiary/aromatic N) is 1. The molecule has 3 rings (SSSR count). The molecule has 0 radical (unpaired) electrons. The van der Waals surface area contributed by atoms with E-state index in [2.05, 4.69) is 23.2 Å². The van der Waals surface area contributed by atoms with Crippen LogP contribution >= 0.6 is 11.3 Å². The summed E-state index contributed by atoms with van der Waals surface area (Å²) in [4.78, 5) is 14.3. The lowest BCUT2D eigenvalue weighted by Crippen LogP contribution is -2.03. The molecule has 1 unspecified atom stereocenters. The summed E-state index contributed by atoms with van der Waals surface area (Å²) in [5, 5.41) is 1.11. The molecule has 1 aromatic heterocycles. The summed E-state index contributed by atoms with van der Waals surface area (Å²) >= 11 is 1.73. The number of aryl methyl sites for hydroxylation is 1. The topological polar surface area (TPSA) is 31.4 Å². The van der Waals surface area contributed by atoms with Crippen molar-refractivity contribution in [3.63, 3.8) is 0 Å². The van der Waals surface area contributed by atoms with Crippen LogP contribution in [0.4, 0.5) is 0 Å². The molecule has 0 saturated carbocycles. The smallest absolute Gasteiger partial charge is 0.309 e. The Morgan fingerprint density at radius 2 is 2.47 bits per heavy atom. The molecule has 3 nitrogen and oxygen atoms in total. The first kappa shape index (κ1) is 9.33. The van der Waals surface area contributed by atoms with Crippen LogP contribution in [0.15, 0.2) is 18.2 Å². The molecule has 1 saturated heterocycles. The second-order valence-electron chi connectivity index (χ2n) is 3.73. The van der Waals surface area contributed by atoms with E-state index in [1.54, 1.807) is 11.3 Å². The number of rotatable bonds is 1. The van der Waals surface area contributed by atoms with Crippen LogP contribution in [0.5, 0.6) is 0 Å². The molecule has 1 aliphatic rings. The molecule has 1 aromatic carbocycles. The molecule has 0 N–H and O–H groups in total. The summed E-state index contributed by atoms with van der Waals surface area (Å²) in [6, 6.07) is 6.41. The molecule has 1 fully saturated rings. The van der Waals surface area contributed by atoms with Gasteiger partial charge in [-0.05, 0) is 24.6 Å². The zero-order valence-electron chi connectivity index (χ0n) is 8.40. The van der Waals surface area contributed by atoms with Crippen molar-refractivity contribution in [1.82, 2.24) is 4.98 Å². The fraction of sp³-hybridized carbons (Fsp3) is 0.300. The summed E-state index contributed by atoms with van der Waals surface area (Å²) in [7, 11) is 0.647. The van der Waals surface area contributed by atoms with Gasteiger partial charge in [0.25, 0.3) is 0 Å². The fourth-order valence-electron chi connectivity index (χ4n) is 1.81. The van der Waals surface area contributed by atoms with Crippen LogP contribution in [0, 0.1) is 6.92 Å². The molecular formula is C10H10BNO2S. The van der Waals surface area contributed by atoms with E-state index in [9.17, 15) is 0 Å². The van der Waals surface area contributed by atoms with Gasteiger partial charge in [-0.25, -0.2) is 4.98 Å². The lowest BCUT2D eigenvalue weighted by molar-refractivity contribution is -0.183. The summed E-state index contributed by atoms with van der Waals surface area (Å²) < 4.78 is 1.25. The predicted octanol–water partition coefficient (Wildman–Crippen LogP) is 1.96. The van der Waals surface area contributed by atoms with Crippen LogP contribution in [0.2, 0.25) is 0 Å². The average molecular weight is 219 g/mol. The fourth-order valence-corrected chi connectivity index (χ4v) is 2.62. The molecule has 15 heavy (non-hydrogen) atoms. The van der Waals surface area contributed by atoms with Crippen molar-refractivity contribution < 1.29 is 9.69 Å². The van der Waals surface area contributed by atoms with Gasteiger partial charge in [0.05, 0.1) is 21.8 Å². The standard InChI is InChI=1S/C10H10BNO2S/c1-6-12-9-4-7(2-3-10(9)15-6)8-5-13-14-11-8/h2-4,8,11H,5H2,1H3. The minimum absolute atomic E-state index is 0.358. The Morgan fingerprint density at radius 3 is 3.27 bits per heavy atom. The third-order valence-corrected chi connectivity index (χ3v) is 3.56. The summed E-state index contributed by atoms with van der Waals surface area (Å²) in [6.45, 7) is 2.68. The van der Waals surface area contributed by atoms with E-state index < -0.39 is 0 Å². The highest BCUT2D eigenvalue weighted by molar-refractivity contribution is 7.18. The van der Waals surface area contributed by atoms with E-state index in [-0.39, 0.29) is 0 Å². The van der Waals surface area contributed by atoms with Gasteiger partial charge in [0.15, 0.2) is 0 Å². The van der Waals surface area contributed by atoms with E-state index in [0.717, 1.165) is 10.5 Å². The van der Waals surface area contributed by atoms with Crippen molar-refractivity contribution in [2.24, 2.45) is 0 Å². The highest BCUT2D eigenvalue weighted by Crippen LogP contribution is 2.27. The first-order chi connectivity index (χ1) is 7.33. The summed E-state index contributed by atoms with van der Waals surface area (Å²) in [5.74, 6) is 0.358. The van der Waals surface area contributed by atoms with E-state index in [0.29, 0.717) is 19.9 Å². The Balaban J connectivity index is 2.04. The van der Waals surface area contributed by atoms with E-state index in [4.69, 9.17) is 9.69 Å². The number of fused-ring (bicyclic) bond motifs is 1. The first-order valence-corrected chi connectivity index (χ1v) is 5.76. The van der Waals surface area contributed by atoms with Gasteiger partial charge in [-0.15, -0.1) is 11.3 Å². The maximum absolute atomic E-state index is 4.91. The third kappa shape index (κ3) is 1.67. The molecule has 2 aromatic rings. The van der Waals surface area contributed by atoms with Crippen LogP contribution in [0.1, 0.15) is 16.4 Å². The first-order valence-electron chi connectivity index (χ1n) is 4.94. The zero-order valence-corrected chi connectivity index (χ0v) is 9.21. The normalized spacial score (nSPS) is 20.7. The number of benzene rings is 1. The number of aromatic nitrogens is 1. The summed E-state index contributed by atoms with van der Waals surface area (Å²) in [5.41, 5.74) is 2.34. The van der Waals surface area contributed by atoms with Gasteiger partial charge in [-0.3, -0.25) is 4.89 Å². The maximum atomic E-state index is 4.91. The van der Waals surface area contributed by atoms with Gasteiger partial charge >= 0.3 is 7.48 Å². The van der Waals surface area contributed by atoms with Gasteiger partial charge < -0.3 is 4.81 Å². The van der Waals surface area contributed by atoms with E-state index in [1.165, 1.54) is 10.3 Å². The van der Waals surface area contributed by atoms with Crippen molar-refractivity contribution in [3.05, 3.63) is 28.8 Å². The quantitative estimate of drug-likeness (QED) is 0.542. The Kier molecular flexibility index (Phi) is 2.23. The van der Waals surface area contributed by atoms with Crippen molar-refractivity contribution in [3.8, 4) is 0 Å². The van der Waals surface area contributed by atoms with E-state index >= 15 is 0 Å². The SMILES string of the molecule is Cc1nc2cc(C3BOOC3)ccc2s1. The molecule has 2 heterocycles. The molecular weight excluding hydrogens is 209 g/mol. The second-order valence-corrected chi connectivity index (χ2v) is 4.96. The molecule has 5 heteroatoms. The van der Waals surface area contributed by atoms with Crippen molar-refractivity contribution >= 4 is 29.0 Å². The van der Waals surface area contributed by atoms with Crippen molar-refractivity contribution in [2.75, 3.05) is 6.61 Å². The number of hydrogen-bond donors (Lipinski definition) is 0. The Labute approximate surface area is 92.2 Å². The van der Waals surface area contributed by atoms with Crippen LogP contribution < -0.4 is 0 Å². The largest absolute Gasteiger partial charge is 0.333 e. The minimum atomic E-state index is 0.358. The summed E-state index contributed by atoms with van der Waals surface area (Å²) in [6.07, 6.45) is 0.